The number of hydrogen-bond donors (Lipinski definition) is 0. The maximum absolute atomic E-state index is 11.3. The van der Waals surface area contributed by atoms with Crippen molar-refractivity contribution < 1.29 is 9.53 Å². The molecule has 78 valence electrons. The number of carbonyl (C=O) groups is 1. The first-order chi connectivity index (χ1) is 6.49. The Morgan fingerprint density at radius 3 is 2.57 bits per heavy atom. The molecule has 3 rings (SSSR count). The molecule has 0 aromatic carbocycles. The second-order valence-corrected chi connectivity index (χ2v) is 5.88. The molecule has 0 N–H and O–H groups in total. The van der Waals surface area contributed by atoms with Crippen molar-refractivity contribution in [3.63, 3.8) is 0 Å². The van der Waals surface area contributed by atoms with Gasteiger partial charge in [-0.15, -0.1) is 0 Å². The molecule has 0 amide bonds. The zero-order valence-corrected chi connectivity index (χ0v) is 9.17. The minimum absolute atomic E-state index is 0.0258. The Hall–Kier alpha value is -0.530. The number of fused-ring (bicyclic) bond motifs is 2. The molecule has 3 aliphatic rings. The SMILES string of the molecule is CC1C2CC2[C@@]2(CCC(=O)O2)C1(C)C. The van der Waals surface area contributed by atoms with E-state index in [-0.39, 0.29) is 17.0 Å². The lowest BCUT2D eigenvalue weighted by Gasteiger charge is -2.42. The second-order valence-electron chi connectivity index (χ2n) is 5.88. The highest BCUT2D eigenvalue weighted by atomic mass is 16.6. The molecular formula is C12H18O2. The molecular weight excluding hydrogens is 176 g/mol. The molecule has 2 aliphatic carbocycles. The molecule has 2 saturated carbocycles. The van der Waals surface area contributed by atoms with Gasteiger partial charge in [0.05, 0.1) is 0 Å². The van der Waals surface area contributed by atoms with Crippen molar-refractivity contribution in [1.82, 2.24) is 0 Å². The molecule has 1 heterocycles. The standard InChI is InChI=1S/C12H18O2/c1-7-8-6-9(8)12(11(7,2)3)5-4-10(13)14-12/h7-9H,4-6H2,1-3H3/t7?,8?,9?,12-/m0/s1. The lowest BCUT2D eigenvalue weighted by atomic mass is 9.68. The maximum atomic E-state index is 11.3. The van der Waals surface area contributed by atoms with E-state index < -0.39 is 0 Å². The highest BCUT2D eigenvalue weighted by Crippen LogP contribution is 2.72. The summed E-state index contributed by atoms with van der Waals surface area (Å²) in [6.07, 6.45) is 2.89. The third-order valence-electron chi connectivity index (χ3n) is 5.31. The Morgan fingerprint density at radius 2 is 2.14 bits per heavy atom. The van der Waals surface area contributed by atoms with Crippen molar-refractivity contribution in [3.8, 4) is 0 Å². The van der Waals surface area contributed by atoms with E-state index in [1.807, 2.05) is 0 Å². The molecule has 14 heavy (non-hydrogen) atoms. The Labute approximate surface area is 85.0 Å². The Kier molecular flexibility index (Phi) is 1.36. The van der Waals surface area contributed by atoms with Crippen LogP contribution in [-0.4, -0.2) is 11.6 Å². The zero-order chi connectivity index (χ0) is 10.1. The van der Waals surface area contributed by atoms with E-state index >= 15 is 0 Å². The molecule has 0 bridgehead atoms. The molecule has 0 radical (unpaired) electrons. The van der Waals surface area contributed by atoms with Gasteiger partial charge in [-0.1, -0.05) is 20.8 Å². The van der Waals surface area contributed by atoms with E-state index in [9.17, 15) is 4.79 Å². The summed E-state index contributed by atoms with van der Waals surface area (Å²) in [6.45, 7) is 6.89. The van der Waals surface area contributed by atoms with E-state index in [1.54, 1.807) is 0 Å². The predicted molar refractivity (Wildman–Crippen MR) is 52.6 cm³/mol. The van der Waals surface area contributed by atoms with Crippen LogP contribution in [0.25, 0.3) is 0 Å². The summed E-state index contributed by atoms with van der Waals surface area (Å²) in [4.78, 5) is 11.3. The van der Waals surface area contributed by atoms with Crippen LogP contribution in [0.2, 0.25) is 0 Å². The fraction of sp³-hybridized carbons (Fsp3) is 0.917. The van der Waals surface area contributed by atoms with Crippen LogP contribution in [0.4, 0.5) is 0 Å². The molecule has 1 saturated heterocycles. The third-order valence-corrected chi connectivity index (χ3v) is 5.31. The first-order valence-corrected chi connectivity index (χ1v) is 5.71. The lowest BCUT2D eigenvalue weighted by molar-refractivity contribution is -0.161. The summed E-state index contributed by atoms with van der Waals surface area (Å²) >= 11 is 0. The quantitative estimate of drug-likeness (QED) is 0.553. The van der Waals surface area contributed by atoms with E-state index in [1.165, 1.54) is 6.42 Å². The fourth-order valence-electron chi connectivity index (χ4n) is 4.01. The van der Waals surface area contributed by atoms with Gasteiger partial charge in [0.25, 0.3) is 0 Å². The molecule has 4 atom stereocenters. The molecule has 0 aromatic heterocycles. The van der Waals surface area contributed by atoms with E-state index in [0.717, 1.165) is 12.3 Å². The molecule has 3 unspecified atom stereocenters. The Morgan fingerprint density at radius 1 is 1.43 bits per heavy atom. The van der Waals surface area contributed by atoms with Gasteiger partial charge >= 0.3 is 5.97 Å². The summed E-state index contributed by atoms with van der Waals surface area (Å²) in [6, 6.07) is 0. The van der Waals surface area contributed by atoms with Crippen molar-refractivity contribution >= 4 is 5.97 Å². The fourth-order valence-corrected chi connectivity index (χ4v) is 4.01. The summed E-state index contributed by atoms with van der Waals surface area (Å²) < 4.78 is 5.71. The number of ether oxygens (including phenoxy) is 1. The van der Waals surface area contributed by atoms with Crippen molar-refractivity contribution in [3.05, 3.63) is 0 Å². The third kappa shape index (κ3) is 0.731. The predicted octanol–water partition coefficient (Wildman–Crippen LogP) is 2.37. The van der Waals surface area contributed by atoms with Crippen LogP contribution < -0.4 is 0 Å². The Balaban J connectivity index is 2.02. The summed E-state index contributed by atoms with van der Waals surface area (Å²) in [5.74, 6) is 2.24. The van der Waals surface area contributed by atoms with Gasteiger partial charge in [-0.25, -0.2) is 0 Å². The number of hydrogen-bond acceptors (Lipinski definition) is 2. The van der Waals surface area contributed by atoms with Gasteiger partial charge in [0.15, 0.2) is 0 Å². The molecule has 2 heteroatoms. The van der Waals surface area contributed by atoms with E-state index in [2.05, 4.69) is 20.8 Å². The summed E-state index contributed by atoms with van der Waals surface area (Å²) in [5.41, 5.74) is 0.0981. The zero-order valence-electron chi connectivity index (χ0n) is 9.17. The number of rotatable bonds is 0. The van der Waals surface area contributed by atoms with Gasteiger partial charge in [-0.3, -0.25) is 4.79 Å². The van der Waals surface area contributed by atoms with Crippen LogP contribution in [0.1, 0.15) is 40.0 Å². The van der Waals surface area contributed by atoms with Crippen LogP contribution in [0.3, 0.4) is 0 Å². The van der Waals surface area contributed by atoms with Gasteiger partial charge in [0.1, 0.15) is 5.60 Å². The minimum atomic E-state index is -0.0891. The monoisotopic (exact) mass is 194 g/mol. The molecule has 1 aliphatic heterocycles. The topological polar surface area (TPSA) is 26.3 Å². The summed E-state index contributed by atoms with van der Waals surface area (Å²) in [7, 11) is 0. The first kappa shape index (κ1) is 8.75. The summed E-state index contributed by atoms with van der Waals surface area (Å²) in [5, 5.41) is 0. The van der Waals surface area contributed by atoms with Gasteiger partial charge in [-0.2, -0.15) is 0 Å². The van der Waals surface area contributed by atoms with Gasteiger partial charge in [0, 0.05) is 17.8 Å². The maximum Gasteiger partial charge on any atom is 0.306 e. The van der Waals surface area contributed by atoms with Gasteiger partial charge in [0.2, 0.25) is 0 Å². The van der Waals surface area contributed by atoms with E-state index in [4.69, 9.17) is 4.74 Å². The minimum Gasteiger partial charge on any atom is -0.458 e. The lowest BCUT2D eigenvalue weighted by Crippen LogP contribution is -2.45. The van der Waals surface area contributed by atoms with Crippen molar-refractivity contribution in [2.24, 2.45) is 23.2 Å². The normalized spacial score (nSPS) is 53.4. The average Bonchev–Trinajstić information content (AvgIpc) is 2.78. The van der Waals surface area contributed by atoms with Crippen molar-refractivity contribution in [2.45, 2.75) is 45.6 Å². The molecule has 1 spiro atoms. The number of esters is 1. The number of carbonyl (C=O) groups excluding carboxylic acids is 1. The van der Waals surface area contributed by atoms with Crippen LogP contribution in [0.5, 0.6) is 0 Å². The smallest absolute Gasteiger partial charge is 0.306 e. The molecule has 2 nitrogen and oxygen atoms in total. The Bertz CT molecular complexity index is 307. The average molecular weight is 194 g/mol. The van der Waals surface area contributed by atoms with Crippen molar-refractivity contribution in [1.29, 1.82) is 0 Å². The molecule has 0 aromatic rings. The van der Waals surface area contributed by atoms with Crippen LogP contribution in [0.15, 0.2) is 0 Å². The largest absolute Gasteiger partial charge is 0.458 e. The van der Waals surface area contributed by atoms with Crippen molar-refractivity contribution in [2.75, 3.05) is 0 Å². The molecule has 3 fully saturated rings. The highest BCUT2D eigenvalue weighted by Gasteiger charge is 2.73. The van der Waals surface area contributed by atoms with Crippen LogP contribution in [0, 0.1) is 23.2 Å². The van der Waals surface area contributed by atoms with Crippen LogP contribution in [-0.2, 0) is 9.53 Å². The van der Waals surface area contributed by atoms with Gasteiger partial charge < -0.3 is 4.74 Å². The highest BCUT2D eigenvalue weighted by molar-refractivity contribution is 5.73. The van der Waals surface area contributed by atoms with Gasteiger partial charge in [-0.05, 0) is 24.7 Å². The van der Waals surface area contributed by atoms with Crippen LogP contribution >= 0.6 is 0 Å². The first-order valence-electron chi connectivity index (χ1n) is 5.71. The van der Waals surface area contributed by atoms with E-state index in [0.29, 0.717) is 18.3 Å². The second kappa shape index (κ2) is 2.17.